The number of nitrogens with zero attached hydrogens (tertiary/aromatic N) is 2. The van der Waals surface area contributed by atoms with Crippen LogP contribution in [-0.2, 0) is 10.2 Å². The van der Waals surface area contributed by atoms with Crippen LogP contribution < -0.4 is 25.4 Å². The van der Waals surface area contributed by atoms with E-state index in [9.17, 15) is 9.59 Å². The highest BCUT2D eigenvalue weighted by atomic mass is 35.5. The summed E-state index contributed by atoms with van der Waals surface area (Å²) >= 11 is 6.48. The second-order valence-electron chi connectivity index (χ2n) is 11.0. The van der Waals surface area contributed by atoms with Crippen LogP contribution in [0.1, 0.15) is 52.2 Å². The molecule has 0 radical (unpaired) electrons. The second kappa shape index (κ2) is 11.7. The van der Waals surface area contributed by atoms with Crippen molar-refractivity contribution in [3.8, 4) is 17.2 Å². The molecule has 0 aliphatic heterocycles. The molecule has 1 saturated carbocycles. The van der Waals surface area contributed by atoms with Crippen LogP contribution >= 0.6 is 11.6 Å². The highest BCUT2D eigenvalue weighted by Gasteiger charge is 2.24. The Hall–Kier alpha value is -4.31. The Bertz CT molecular complexity index is 1590. The van der Waals surface area contributed by atoms with Gasteiger partial charge in [0.05, 0.1) is 29.0 Å². The number of carbonyl (C=O) groups excluding carboxylic acids is 2. The quantitative estimate of drug-likeness (QED) is 0.205. The van der Waals surface area contributed by atoms with Gasteiger partial charge in [0.15, 0.2) is 5.82 Å². The monoisotopic (exact) mass is 577 g/mol. The van der Waals surface area contributed by atoms with Crippen LogP contribution in [0.4, 0.5) is 22.0 Å². The van der Waals surface area contributed by atoms with E-state index in [0.717, 1.165) is 25.7 Å². The van der Waals surface area contributed by atoms with Crippen molar-refractivity contribution in [3.63, 3.8) is 0 Å². The molecule has 41 heavy (non-hydrogen) atoms. The zero-order valence-corrected chi connectivity index (χ0v) is 24.1. The lowest BCUT2D eigenvalue weighted by molar-refractivity contribution is -0.119. The van der Waals surface area contributed by atoms with Crippen molar-refractivity contribution < 1.29 is 23.6 Å². The standard InChI is InChI=1S/C30H32ClN5O5/c1-30(2,3)26-16-27(36-41-26)35-29(38)34-21-10-9-18(13-20(21)31)40-24-11-12-32-22-15-25(39-4)23(14-19(22)24)33-28(37)17-7-5-6-8-17/h9-17H,5-8H2,1-4H3,(H,33,37)(H2,34,35,36,38). The molecule has 1 aliphatic rings. The predicted molar refractivity (Wildman–Crippen MR) is 158 cm³/mol. The summed E-state index contributed by atoms with van der Waals surface area (Å²) < 4.78 is 17.0. The number of pyridine rings is 1. The summed E-state index contributed by atoms with van der Waals surface area (Å²) in [5.41, 5.74) is 1.35. The lowest BCUT2D eigenvalue weighted by Gasteiger charge is -2.16. The van der Waals surface area contributed by atoms with Gasteiger partial charge in [-0.25, -0.2) is 4.79 Å². The number of amides is 3. The first-order valence-electron chi connectivity index (χ1n) is 13.4. The SMILES string of the molecule is COc1cc2nccc(Oc3ccc(NC(=O)Nc4cc(C(C)(C)C)on4)c(Cl)c3)c2cc1NC(=O)C1CCCC1. The van der Waals surface area contributed by atoms with Gasteiger partial charge in [-0.2, -0.15) is 0 Å². The number of hydrogen-bond acceptors (Lipinski definition) is 7. The maximum absolute atomic E-state index is 12.8. The largest absolute Gasteiger partial charge is 0.494 e. The molecule has 1 aliphatic carbocycles. The number of halogens is 1. The van der Waals surface area contributed by atoms with Crippen LogP contribution in [0, 0.1) is 5.92 Å². The maximum Gasteiger partial charge on any atom is 0.324 e. The molecular weight excluding hydrogens is 546 g/mol. The van der Waals surface area contributed by atoms with Gasteiger partial charge in [0.1, 0.15) is 23.0 Å². The number of carbonyl (C=O) groups is 2. The lowest BCUT2D eigenvalue weighted by atomic mass is 9.93. The van der Waals surface area contributed by atoms with E-state index in [1.165, 1.54) is 0 Å². The summed E-state index contributed by atoms with van der Waals surface area (Å²) in [5.74, 6) is 2.43. The summed E-state index contributed by atoms with van der Waals surface area (Å²) in [6.45, 7) is 5.96. The van der Waals surface area contributed by atoms with Crippen LogP contribution in [0.3, 0.4) is 0 Å². The molecule has 0 spiro atoms. The van der Waals surface area contributed by atoms with Crippen molar-refractivity contribution in [2.75, 3.05) is 23.1 Å². The molecule has 0 saturated heterocycles. The van der Waals surface area contributed by atoms with Crippen molar-refractivity contribution in [3.05, 3.63) is 59.4 Å². The first-order chi connectivity index (χ1) is 19.6. The lowest BCUT2D eigenvalue weighted by Crippen LogP contribution is -2.20. The topological polar surface area (TPSA) is 128 Å². The van der Waals surface area contributed by atoms with Crippen molar-refractivity contribution in [1.29, 1.82) is 0 Å². The Kier molecular flexibility index (Phi) is 8.03. The molecule has 11 heteroatoms. The number of aromatic nitrogens is 2. The van der Waals surface area contributed by atoms with Crippen molar-refractivity contribution >= 4 is 51.6 Å². The zero-order chi connectivity index (χ0) is 29.1. The summed E-state index contributed by atoms with van der Waals surface area (Å²) in [5, 5.41) is 13.2. The minimum absolute atomic E-state index is 0.00767. The van der Waals surface area contributed by atoms with Crippen molar-refractivity contribution in [1.82, 2.24) is 10.1 Å². The zero-order valence-electron chi connectivity index (χ0n) is 23.3. The number of anilines is 3. The summed E-state index contributed by atoms with van der Waals surface area (Å²) in [6, 6.07) is 11.4. The van der Waals surface area contributed by atoms with Gasteiger partial charge in [0, 0.05) is 41.1 Å². The molecule has 3 amide bonds. The minimum Gasteiger partial charge on any atom is -0.494 e. The van der Waals surface area contributed by atoms with Gasteiger partial charge in [0.25, 0.3) is 0 Å². The molecule has 2 heterocycles. The number of rotatable bonds is 7. The number of methoxy groups -OCH3 is 1. The van der Waals surface area contributed by atoms with E-state index in [2.05, 4.69) is 26.1 Å². The van der Waals surface area contributed by atoms with E-state index in [4.69, 9.17) is 25.6 Å². The number of urea groups is 1. The van der Waals surface area contributed by atoms with Gasteiger partial charge >= 0.3 is 6.03 Å². The van der Waals surface area contributed by atoms with Crippen molar-refractivity contribution in [2.24, 2.45) is 5.92 Å². The molecule has 214 valence electrons. The molecule has 2 aromatic heterocycles. The van der Waals surface area contributed by atoms with Gasteiger partial charge in [-0.1, -0.05) is 50.4 Å². The number of hydrogen-bond donors (Lipinski definition) is 3. The molecule has 0 bridgehead atoms. The normalized spacial score (nSPS) is 13.7. The van der Waals surface area contributed by atoms with Gasteiger partial charge < -0.3 is 24.6 Å². The van der Waals surface area contributed by atoms with Gasteiger partial charge in [-0.05, 0) is 37.1 Å². The van der Waals surface area contributed by atoms with Gasteiger partial charge in [-0.3, -0.25) is 15.1 Å². The van der Waals surface area contributed by atoms with Crippen LogP contribution in [-0.4, -0.2) is 29.2 Å². The predicted octanol–water partition coefficient (Wildman–Crippen LogP) is 7.75. The van der Waals surface area contributed by atoms with Crippen molar-refractivity contribution in [2.45, 2.75) is 51.9 Å². The fourth-order valence-corrected chi connectivity index (χ4v) is 4.89. The van der Waals surface area contributed by atoms with Crippen LogP contribution in [0.25, 0.3) is 10.9 Å². The minimum atomic E-state index is -0.518. The summed E-state index contributed by atoms with van der Waals surface area (Å²) in [6.07, 6.45) is 5.55. The molecule has 3 N–H and O–H groups in total. The van der Waals surface area contributed by atoms with E-state index in [1.807, 2.05) is 20.8 Å². The Morgan fingerprint density at radius 2 is 1.76 bits per heavy atom. The third-order valence-electron chi connectivity index (χ3n) is 6.91. The molecule has 10 nitrogen and oxygen atoms in total. The Morgan fingerprint density at radius 1 is 0.976 bits per heavy atom. The molecule has 0 atom stereocenters. The van der Waals surface area contributed by atoms with E-state index in [1.54, 1.807) is 55.8 Å². The van der Waals surface area contributed by atoms with E-state index in [-0.39, 0.29) is 22.3 Å². The highest BCUT2D eigenvalue weighted by molar-refractivity contribution is 6.34. The number of benzene rings is 2. The highest BCUT2D eigenvalue weighted by Crippen LogP contribution is 2.38. The van der Waals surface area contributed by atoms with E-state index in [0.29, 0.717) is 51.1 Å². The second-order valence-corrected chi connectivity index (χ2v) is 11.4. The Labute approximate surface area is 242 Å². The molecule has 4 aromatic rings. The number of ether oxygens (including phenoxy) is 2. The molecule has 0 unspecified atom stereocenters. The molecule has 2 aromatic carbocycles. The average Bonchev–Trinajstić information content (AvgIpc) is 3.63. The summed E-state index contributed by atoms with van der Waals surface area (Å²) in [7, 11) is 1.55. The molecular formula is C30H32ClN5O5. The smallest absolute Gasteiger partial charge is 0.324 e. The third-order valence-corrected chi connectivity index (χ3v) is 7.23. The fraction of sp³-hybridized carbons (Fsp3) is 0.333. The van der Waals surface area contributed by atoms with Gasteiger partial charge in [-0.15, -0.1) is 0 Å². The first-order valence-corrected chi connectivity index (χ1v) is 13.8. The number of fused-ring (bicyclic) bond motifs is 1. The summed E-state index contributed by atoms with van der Waals surface area (Å²) in [4.78, 5) is 29.8. The molecule has 1 fully saturated rings. The fourth-order valence-electron chi connectivity index (χ4n) is 4.67. The van der Waals surface area contributed by atoms with E-state index < -0.39 is 6.03 Å². The molecule has 5 rings (SSSR count). The number of nitrogens with one attached hydrogen (secondary N) is 3. The van der Waals surface area contributed by atoms with Crippen LogP contribution in [0.15, 0.2) is 53.2 Å². The Balaban J connectivity index is 1.31. The third kappa shape index (κ3) is 6.54. The maximum atomic E-state index is 12.8. The first kappa shape index (κ1) is 28.2. The Morgan fingerprint density at radius 3 is 2.44 bits per heavy atom. The van der Waals surface area contributed by atoms with Gasteiger partial charge in [0.2, 0.25) is 5.91 Å². The van der Waals surface area contributed by atoms with Crippen LogP contribution in [0.2, 0.25) is 5.02 Å². The van der Waals surface area contributed by atoms with Crippen LogP contribution in [0.5, 0.6) is 17.2 Å². The average molecular weight is 578 g/mol. The van der Waals surface area contributed by atoms with E-state index >= 15 is 0 Å².